The Hall–Kier alpha value is -1.34. The molecule has 2 N–H and O–H groups in total. The first-order valence-corrected chi connectivity index (χ1v) is 9.32. The number of amidine groups is 1. The summed E-state index contributed by atoms with van der Waals surface area (Å²) in [4.78, 5) is 14.6. The number of aliphatic imine (C=N–C) groups is 1. The summed E-state index contributed by atoms with van der Waals surface area (Å²) in [5.41, 5.74) is 5.57. The molecule has 0 radical (unpaired) electrons. The summed E-state index contributed by atoms with van der Waals surface area (Å²) in [6, 6.07) is 2.88. The van der Waals surface area contributed by atoms with E-state index in [2.05, 4.69) is 27.8 Å². The molecule has 0 aromatic heterocycles. The highest BCUT2D eigenvalue weighted by atomic mass is 79.9. The van der Waals surface area contributed by atoms with Crippen LogP contribution in [0.15, 0.2) is 21.6 Å². The van der Waals surface area contributed by atoms with Crippen molar-refractivity contribution in [1.29, 1.82) is 0 Å². The van der Waals surface area contributed by atoms with Crippen LogP contribution in [0.25, 0.3) is 0 Å². The molecule has 0 spiro atoms. The Balaban J connectivity index is 2.74. The average molecular weight is 421 g/mol. The van der Waals surface area contributed by atoms with Crippen molar-refractivity contribution in [2.24, 2.45) is 10.7 Å². The highest BCUT2D eigenvalue weighted by Crippen LogP contribution is 2.38. The van der Waals surface area contributed by atoms with E-state index in [0.29, 0.717) is 16.8 Å². The van der Waals surface area contributed by atoms with Gasteiger partial charge in [0.25, 0.3) is 5.69 Å². The number of rotatable bonds is 11. The van der Waals surface area contributed by atoms with Gasteiger partial charge in [0.05, 0.1) is 21.9 Å². The smallest absolute Gasteiger partial charge is 0.296 e. The first-order chi connectivity index (χ1) is 11.5. The van der Waals surface area contributed by atoms with Gasteiger partial charge < -0.3 is 10.5 Å². The van der Waals surface area contributed by atoms with Crippen LogP contribution in [0.1, 0.15) is 45.4 Å². The lowest BCUT2D eigenvalue weighted by molar-refractivity contribution is -0.384. The number of nitrogens with zero attached hydrogens (tertiary/aromatic N) is 2. The highest BCUT2D eigenvalue weighted by Gasteiger charge is 2.18. The number of ether oxygens (including phenoxy) is 1. The third kappa shape index (κ3) is 7.05. The number of nitrogens with two attached hydrogens (primary N) is 1. The van der Waals surface area contributed by atoms with Crippen molar-refractivity contribution >= 4 is 44.7 Å². The molecule has 24 heavy (non-hydrogen) atoms. The maximum absolute atomic E-state index is 11.1. The van der Waals surface area contributed by atoms with Crippen LogP contribution in [-0.2, 0) is 0 Å². The standard InChI is InChI=1S/C16H23BrClN3O3/c1-2-3-4-5-6-7-8-24-15-10-13(20-16(19)11-18)14(21(22)23)9-12(15)17/h9-10H,2-8,11H2,1H3,(H2,19,20). The number of alkyl halides is 1. The molecular formula is C16H23BrClN3O3. The molecule has 134 valence electrons. The minimum absolute atomic E-state index is 0.00116. The Morgan fingerprint density at radius 3 is 2.62 bits per heavy atom. The second-order valence-electron chi connectivity index (χ2n) is 5.38. The van der Waals surface area contributed by atoms with Crippen LogP contribution in [0.2, 0.25) is 0 Å². The third-order valence-corrected chi connectivity index (χ3v) is 4.28. The van der Waals surface area contributed by atoms with E-state index in [1.807, 2.05) is 0 Å². The SMILES string of the molecule is CCCCCCCCOc1cc(N=C(N)CCl)c([N+](=O)[O-])cc1Br. The number of hydrogen-bond acceptors (Lipinski definition) is 4. The molecule has 8 heteroatoms. The van der Waals surface area contributed by atoms with Crippen LogP contribution < -0.4 is 10.5 Å². The highest BCUT2D eigenvalue weighted by molar-refractivity contribution is 9.10. The lowest BCUT2D eigenvalue weighted by Crippen LogP contribution is -2.12. The van der Waals surface area contributed by atoms with Gasteiger partial charge in [-0.1, -0.05) is 39.0 Å². The Morgan fingerprint density at radius 1 is 1.33 bits per heavy atom. The van der Waals surface area contributed by atoms with E-state index in [4.69, 9.17) is 22.1 Å². The molecule has 6 nitrogen and oxygen atoms in total. The van der Waals surface area contributed by atoms with E-state index in [-0.39, 0.29) is 23.1 Å². The molecule has 0 amide bonds. The Bertz CT molecular complexity index is 582. The molecule has 1 aromatic carbocycles. The summed E-state index contributed by atoms with van der Waals surface area (Å²) >= 11 is 8.89. The van der Waals surface area contributed by atoms with Crippen molar-refractivity contribution in [2.45, 2.75) is 45.4 Å². The van der Waals surface area contributed by atoms with Crippen molar-refractivity contribution in [3.05, 3.63) is 26.7 Å². The lowest BCUT2D eigenvalue weighted by atomic mass is 10.1. The zero-order valence-electron chi connectivity index (χ0n) is 13.8. The molecule has 0 aliphatic rings. The summed E-state index contributed by atoms with van der Waals surface area (Å²) < 4.78 is 6.24. The van der Waals surface area contributed by atoms with E-state index in [1.54, 1.807) is 0 Å². The van der Waals surface area contributed by atoms with Gasteiger partial charge in [-0.3, -0.25) is 10.1 Å². The van der Waals surface area contributed by atoms with E-state index >= 15 is 0 Å². The second kappa shape index (κ2) is 11.3. The summed E-state index contributed by atoms with van der Waals surface area (Å²) in [6.45, 7) is 2.74. The zero-order valence-corrected chi connectivity index (χ0v) is 16.1. The maximum atomic E-state index is 11.1. The van der Waals surface area contributed by atoms with Crippen molar-refractivity contribution < 1.29 is 9.66 Å². The average Bonchev–Trinajstić information content (AvgIpc) is 2.55. The van der Waals surface area contributed by atoms with Crippen molar-refractivity contribution in [2.75, 3.05) is 12.5 Å². The van der Waals surface area contributed by atoms with Crippen LogP contribution in [0.5, 0.6) is 5.75 Å². The van der Waals surface area contributed by atoms with Crippen LogP contribution >= 0.6 is 27.5 Å². The normalized spacial score (nSPS) is 11.5. The van der Waals surface area contributed by atoms with Gasteiger partial charge in [0.1, 0.15) is 17.3 Å². The maximum Gasteiger partial charge on any atom is 0.296 e. The fourth-order valence-electron chi connectivity index (χ4n) is 2.13. The Morgan fingerprint density at radius 2 is 2.00 bits per heavy atom. The van der Waals surface area contributed by atoms with E-state index in [9.17, 15) is 10.1 Å². The van der Waals surface area contributed by atoms with Gasteiger partial charge in [-0.25, -0.2) is 4.99 Å². The van der Waals surface area contributed by atoms with E-state index < -0.39 is 4.92 Å². The van der Waals surface area contributed by atoms with Crippen molar-refractivity contribution in [3.8, 4) is 5.75 Å². The number of nitro benzene ring substituents is 1. The second-order valence-corrected chi connectivity index (χ2v) is 6.50. The number of hydrogen-bond donors (Lipinski definition) is 1. The molecule has 0 unspecified atom stereocenters. The first-order valence-electron chi connectivity index (χ1n) is 7.99. The number of halogens is 2. The van der Waals surface area contributed by atoms with Gasteiger partial charge in [0.15, 0.2) is 0 Å². The number of unbranched alkanes of at least 4 members (excludes halogenated alkanes) is 5. The summed E-state index contributed by atoms with van der Waals surface area (Å²) in [5.74, 6) is 0.625. The van der Waals surface area contributed by atoms with Gasteiger partial charge in [-0.15, -0.1) is 11.6 Å². The Labute approximate surface area is 155 Å². The van der Waals surface area contributed by atoms with Crippen molar-refractivity contribution in [3.63, 3.8) is 0 Å². The summed E-state index contributed by atoms with van der Waals surface area (Å²) in [5, 5.41) is 11.1. The largest absolute Gasteiger partial charge is 0.492 e. The van der Waals surface area contributed by atoms with Crippen LogP contribution in [-0.4, -0.2) is 23.2 Å². The minimum atomic E-state index is -0.511. The predicted molar refractivity (Wildman–Crippen MR) is 102 cm³/mol. The third-order valence-electron chi connectivity index (χ3n) is 3.38. The van der Waals surface area contributed by atoms with Gasteiger partial charge in [-0.2, -0.15) is 0 Å². The van der Waals surface area contributed by atoms with Crippen LogP contribution in [0.3, 0.4) is 0 Å². The fourth-order valence-corrected chi connectivity index (χ4v) is 2.63. The first kappa shape index (κ1) is 20.7. The summed E-state index contributed by atoms with van der Waals surface area (Å²) in [7, 11) is 0. The molecule has 1 aromatic rings. The molecule has 0 saturated carbocycles. The predicted octanol–water partition coefficient (Wildman–Crippen LogP) is 5.32. The van der Waals surface area contributed by atoms with Crippen LogP contribution in [0.4, 0.5) is 11.4 Å². The van der Waals surface area contributed by atoms with Gasteiger partial charge in [0.2, 0.25) is 0 Å². The molecule has 0 fully saturated rings. The van der Waals surface area contributed by atoms with E-state index in [0.717, 1.165) is 12.8 Å². The van der Waals surface area contributed by atoms with Gasteiger partial charge in [-0.05, 0) is 22.4 Å². The van der Waals surface area contributed by atoms with Gasteiger partial charge in [0, 0.05) is 12.1 Å². The minimum Gasteiger partial charge on any atom is -0.492 e. The lowest BCUT2D eigenvalue weighted by Gasteiger charge is -2.10. The molecular weight excluding hydrogens is 398 g/mol. The topological polar surface area (TPSA) is 90.8 Å². The van der Waals surface area contributed by atoms with Crippen LogP contribution in [0, 0.1) is 10.1 Å². The molecule has 0 aliphatic heterocycles. The fraction of sp³-hybridized carbons (Fsp3) is 0.562. The quantitative estimate of drug-likeness (QED) is 0.131. The zero-order chi connectivity index (χ0) is 17.9. The number of nitro groups is 1. The van der Waals surface area contributed by atoms with Gasteiger partial charge >= 0.3 is 0 Å². The molecule has 0 bridgehead atoms. The summed E-state index contributed by atoms with van der Waals surface area (Å²) in [6.07, 6.45) is 6.97. The Kier molecular flexibility index (Phi) is 9.71. The monoisotopic (exact) mass is 419 g/mol. The number of benzene rings is 1. The molecule has 0 heterocycles. The van der Waals surface area contributed by atoms with E-state index in [1.165, 1.54) is 37.8 Å². The molecule has 0 atom stereocenters. The molecule has 0 aliphatic carbocycles. The molecule has 0 saturated heterocycles. The van der Waals surface area contributed by atoms with Crippen molar-refractivity contribution in [1.82, 2.24) is 0 Å². The molecule has 1 rings (SSSR count).